The summed E-state index contributed by atoms with van der Waals surface area (Å²) < 4.78 is 5.24. The molecule has 0 aliphatic rings. The van der Waals surface area contributed by atoms with Crippen LogP contribution in [0.15, 0.2) is 27.0 Å². The lowest BCUT2D eigenvalue weighted by Gasteiger charge is -2.15. The summed E-state index contributed by atoms with van der Waals surface area (Å²) in [4.78, 5) is 10.0. The van der Waals surface area contributed by atoms with E-state index < -0.39 is 0 Å². The molecule has 0 amide bonds. The van der Waals surface area contributed by atoms with Gasteiger partial charge in [0, 0.05) is 37.4 Å². The van der Waals surface area contributed by atoms with Crippen molar-refractivity contribution in [2.45, 2.75) is 39.5 Å². The molecule has 0 aliphatic heterocycles. The van der Waals surface area contributed by atoms with Crippen LogP contribution in [0, 0.1) is 5.92 Å². The summed E-state index contributed by atoms with van der Waals surface area (Å²) in [7, 11) is 1.78. The van der Waals surface area contributed by atoms with Gasteiger partial charge in [0.1, 0.15) is 0 Å². The van der Waals surface area contributed by atoms with Gasteiger partial charge in [-0.05, 0) is 23.8 Å². The Morgan fingerprint density at radius 2 is 2.17 bits per heavy atom. The van der Waals surface area contributed by atoms with Gasteiger partial charge in [-0.3, -0.25) is 4.99 Å². The molecule has 1 unspecified atom stereocenters. The molecule has 0 saturated heterocycles. The van der Waals surface area contributed by atoms with Gasteiger partial charge in [-0.1, -0.05) is 32.0 Å². The first-order valence-corrected chi connectivity index (χ1v) is 9.25. The number of aliphatic imine (C=N–C) groups is 1. The number of nitrogens with one attached hydrogen (secondary N) is 2. The molecular weight excluding hydrogens is 322 g/mol. The normalized spacial score (nSPS) is 13.3. The highest BCUT2D eigenvalue weighted by molar-refractivity contribution is 7.09. The number of aromatic nitrogens is 2. The Kier molecular flexibility index (Phi) is 7.24. The maximum atomic E-state index is 5.24. The highest BCUT2D eigenvalue weighted by atomic mass is 32.1. The fourth-order valence-electron chi connectivity index (χ4n) is 2.23. The van der Waals surface area contributed by atoms with E-state index in [1.807, 2.05) is 11.3 Å². The second-order valence-corrected chi connectivity index (χ2v) is 7.25. The van der Waals surface area contributed by atoms with Gasteiger partial charge in [-0.2, -0.15) is 4.98 Å². The summed E-state index contributed by atoms with van der Waals surface area (Å²) in [5.41, 5.74) is 0. The van der Waals surface area contributed by atoms with E-state index in [1.165, 1.54) is 4.88 Å². The first-order chi connectivity index (χ1) is 11.6. The molecule has 6 nitrogen and oxygen atoms in total. The summed E-state index contributed by atoms with van der Waals surface area (Å²) in [6.07, 6.45) is 1.77. The molecular formula is C17H27N5OS. The van der Waals surface area contributed by atoms with Gasteiger partial charge in [-0.25, -0.2) is 0 Å². The summed E-state index contributed by atoms with van der Waals surface area (Å²) in [6.45, 7) is 7.94. The molecule has 0 fully saturated rings. The molecule has 2 aromatic heterocycles. The third-order valence-electron chi connectivity index (χ3n) is 3.60. The van der Waals surface area contributed by atoms with Crippen molar-refractivity contribution in [3.05, 3.63) is 34.1 Å². The summed E-state index contributed by atoms with van der Waals surface area (Å²) in [5, 5.41) is 12.7. The van der Waals surface area contributed by atoms with Crippen LogP contribution < -0.4 is 10.6 Å². The molecule has 0 bridgehead atoms. The van der Waals surface area contributed by atoms with Crippen molar-refractivity contribution in [1.82, 2.24) is 20.8 Å². The minimum absolute atomic E-state index is 0.287. The van der Waals surface area contributed by atoms with Gasteiger partial charge in [0.15, 0.2) is 11.8 Å². The van der Waals surface area contributed by atoms with Crippen LogP contribution in [0.25, 0.3) is 0 Å². The average molecular weight is 350 g/mol. The Labute approximate surface area is 147 Å². The molecule has 0 radical (unpaired) electrons. The van der Waals surface area contributed by atoms with E-state index in [4.69, 9.17) is 4.52 Å². The molecule has 2 rings (SSSR count). The zero-order valence-corrected chi connectivity index (χ0v) is 15.7. The Bertz CT molecular complexity index is 621. The number of hydrogen-bond acceptors (Lipinski definition) is 5. The third-order valence-corrected chi connectivity index (χ3v) is 4.50. The lowest BCUT2D eigenvalue weighted by molar-refractivity contribution is 0.371. The summed E-state index contributed by atoms with van der Waals surface area (Å²) >= 11 is 1.81. The van der Waals surface area contributed by atoms with Crippen LogP contribution in [-0.2, 0) is 12.8 Å². The van der Waals surface area contributed by atoms with Gasteiger partial charge >= 0.3 is 0 Å². The van der Waals surface area contributed by atoms with E-state index in [2.05, 4.69) is 64.1 Å². The molecule has 0 aromatic carbocycles. The summed E-state index contributed by atoms with van der Waals surface area (Å²) in [6, 6.07) is 4.28. The zero-order valence-electron chi connectivity index (χ0n) is 14.9. The van der Waals surface area contributed by atoms with Crippen molar-refractivity contribution in [2.75, 3.05) is 20.1 Å². The molecule has 0 saturated carbocycles. The Morgan fingerprint density at radius 3 is 2.79 bits per heavy atom. The van der Waals surface area contributed by atoms with Gasteiger partial charge in [0.05, 0.1) is 0 Å². The van der Waals surface area contributed by atoms with Crippen molar-refractivity contribution in [3.8, 4) is 0 Å². The summed E-state index contributed by atoms with van der Waals surface area (Å²) in [5.74, 6) is 3.06. The quantitative estimate of drug-likeness (QED) is 0.566. The topological polar surface area (TPSA) is 75.3 Å². The van der Waals surface area contributed by atoms with E-state index in [1.54, 1.807) is 7.05 Å². The number of rotatable bonds is 8. The van der Waals surface area contributed by atoms with E-state index in [9.17, 15) is 0 Å². The van der Waals surface area contributed by atoms with E-state index in [0.29, 0.717) is 24.8 Å². The Hall–Kier alpha value is -1.89. The lowest BCUT2D eigenvalue weighted by Crippen LogP contribution is -2.40. The lowest BCUT2D eigenvalue weighted by atomic mass is 10.1. The van der Waals surface area contributed by atoms with Gasteiger partial charge < -0.3 is 15.2 Å². The molecule has 132 valence electrons. The number of hydrogen-bond donors (Lipinski definition) is 2. The first-order valence-electron chi connectivity index (χ1n) is 8.37. The van der Waals surface area contributed by atoms with Gasteiger partial charge in [0.2, 0.25) is 5.89 Å². The molecule has 0 aliphatic carbocycles. The smallest absolute Gasteiger partial charge is 0.228 e. The second kappa shape index (κ2) is 9.42. The maximum Gasteiger partial charge on any atom is 0.228 e. The average Bonchev–Trinajstić information content (AvgIpc) is 3.22. The molecule has 2 heterocycles. The molecule has 24 heavy (non-hydrogen) atoms. The fourth-order valence-corrected chi connectivity index (χ4v) is 3.10. The minimum atomic E-state index is 0.287. The van der Waals surface area contributed by atoms with Crippen LogP contribution in [0.3, 0.4) is 0 Å². The number of thiophene rings is 1. The van der Waals surface area contributed by atoms with E-state index in [-0.39, 0.29) is 5.92 Å². The predicted molar refractivity (Wildman–Crippen MR) is 98.6 cm³/mol. The van der Waals surface area contributed by atoms with Crippen LogP contribution in [0.5, 0.6) is 0 Å². The Balaban J connectivity index is 1.68. The van der Waals surface area contributed by atoms with Crippen LogP contribution in [0.1, 0.15) is 43.3 Å². The second-order valence-electron chi connectivity index (χ2n) is 6.22. The molecule has 7 heteroatoms. The number of nitrogens with zero attached hydrogens (tertiary/aromatic N) is 3. The molecule has 2 N–H and O–H groups in total. The first kappa shape index (κ1) is 18.4. The van der Waals surface area contributed by atoms with Crippen LogP contribution in [0.2, 0.25) is 0 Å². The predicted octanol–water partition coefficient (Wildman–Crippen LogP) is 2.84. The van der Waals surface area contributed by atoms with Crippen molar-refractivity contribution >= 4 is 17.3 Å². The largest absolute Gasteiger partial charge is 0.356 e. The molecule has 2 aromatic rings. The SMILES string of the molecule is CN=C(NCCc1nc(C(C)C)no1)NCC(C)Cc1cccs1. The maximum absolute atomic E-state index is 5.24. The monoisotopic (exact) mass is 349 g/mol. The van der Waals surface area contributed by atoms with Gasteiger partial charge in [-0.15, -0.1) is 11.3 Å². The van der Waals surface area contributed by atoms with E-state index in [0.717, 1.165) is 24.7 Å². The minimum Gasteiger partial charge on any atom is -0.356 e. The van der Waals surface area contributed by atoms with E-state index >= 15 is 0 Å². The standard InChI is InChI=1S/C17H27N5OS/c1-12(2)16-21-15(23-22-16)7-8-19-17(18-4)20-11-13(3)10-14-6-5-9-24-14/h5-6,9,12-13H,7-8,10-11H2,1-4H3,(H2,18,19,20). The van der Waals surface area contributed by atoms with Crippen molar-refractivity contribution < 1.29 is 4.52 Å². The van der Waals surface area contributed by atoms with Crippen molar-refractivity contribution in [1.29, 1.82) is 0 Å². The van der Waals surface area contributed by atoms with Crippen molar-refractivity contribution in [3.63, 3.8) is 0 Å². The third kappa shape index (κ3) is 5.96. The van der Waals surface area contributed by atoms with Crippen LogP contribution in [-0.4, -0.2) is 36.2 Å². The van der Waals surface area contributed by atoms with Crippen LogP contribution in [0.4, 0.5) is 0 Å². The van der Waals surface area contributed by atoms with Crippen LogP contribution >= 0.6 is 11.3 Å². The zero-order chi connectivity index (χ0) is 17.4. The Morgan fingerprint density at radius 1 is 1.33 bits per heavy atom. The molecule has 1 atom stereocenters. The molecule has 0 spiro atoms. The fraction of sp³-hybridized carbons (Fsp3) is 0.588. The highest BCUT2D eigenvalue weighted by Gasteiger charge is 2.10. The number of guanidine groups is 1. The van der Waals surface area contributed by atoms with Gasteiger partial charge in [0.25, 0.3) is 0 Å². The highest BCUT2D eigenvalue weighted by Crippen LogP contribution is 2.13. The van der Waals surface area contributed by atoms with Crippen molar-refractivity contribution in [2.24, 2.45) is 10.9 Å².